The minimum atomic E-state index is -3.61. The number of rotatable bonds is 7. The van der Waals surface area contributed by atoms with E-state index in [1.165, 1.54) is 0 Å². The fraction of sp³-hybridized carbons (Fsp3) is 0.250. The van der Waals surface area contributed by atoms with Crippen LogP contribution < -0.4 is 5.32 Å². The Morgan fingerprint density at radius 3 is 2.10 bits per heavy atom. The summed E-state index contributed by atoms with van der Waals surface area (Å²) < 4.78 is 27.7. The fourth-order valence-electron chi connectivity index (χ4n) is 3.83. The van der Waals surface area contributed by atoms with Gasteiger partial charge in [0.1, 0.15) is 0 Å². The molecule has 0 fully saturated rings. The van der Waals surface area contributed by atoms with E-state index in [0.717, 1.165) is 44.1 Å². The van der Waals surface area contributed by atoms with Crippen molar-refractivity contribution < 1.29 is 17.7 Å². The van der Waals surface area contributed by atoms with Gasteiger partial charge in [-0.3, -0.25) is 4.18 Å². The molecule has 1 unspecified atom stereocenters. The molecule has 4 aromatic rings. The lowest BCUT2D eigenvalue weighted by Crippen LogP contribution is -2.49. The molecule has 0 saturated heterocycles. The van der Waals surface area contributed by atoms with Gasteiger partial charge >= 0.3 is 0 Å². The standard InChI is InChI=1S/C24H24ClNO4S/c1-24(14-27,15-30-31(2,28)29)26-13-16-11-21-19-9-5-6-10-20(19)23(25)12-22(21)18-8-4-3-7-17(16)18/h3-12,26-27H,13-15H2,1-2H3. The summed E-state index contributed by atoms with van der Waals surface area (Å²) in [6.45, 7) is 1.73. The van der Waals surface area contributed by atoms with E-state index in [4.69, 9.17) is 15.8 Å². The minimum Gasteiger partial charge on any atom is -0.394 e. The van der Waals surface area contributed by atoms with Gasteiger partial charge in [0.05, 0.1) is 25.0 Å². The van der Waals surface area contributed by atoms with Crippen LogP contribution in [0.4, 0.5) is 0 Å². The Kier molecular flexibility index (Phi) is 5.94. The van der Waals surface area contributed by atoms with Crippen LogP contribution in [0.15, 0.2) is 60.7 Å². The first-order chi connectivity index (χ1) is 14.7. The quantitative estimate of drug-likeness (QED) is 0.313. The van der Waals surface area contributed by atoms with E-state index >= 15 is 0 Å². The maximum absolute atomic E-state index is 11.4. The molecule has 0 aliphatic carbocycles. The first-order valence-electron chi connectivity index (χ1n) is 9.93. The molecule has 0 aromatic heterocycles. The van der Waals surface area contributed by atoms with E-state index in [2.05, 4.69) is 29.6 Å². The molecule has 5 nitrogen and oxygen atoms in total. The van der Waals surface area contributed by atoms with Crippen LogP contribution in [-0.4, -0.2) is 38.5 Å². The average Bonchev–Trinajstić information content (AvgIpc) is 2.76. The van der Waals surface area contributed by atoms with Crippen LogP contribution in [0.25, 0.3) is 32.3 Å². The highest BCUT2D eigenvalue weighted by molar-refractivity contribution is 7.85. The molecule has 0 amide bonds. The van der Waals surface area contributed by atoms with Gasteiger partial charge in [-0.2, -0.15) is 8.42 Å². The SMILES string of the molecule is CC(CO)(COS(C)(=O)=O)NCc1cc2c3ccccc3c(Cl)cc2c2ccccc12. The summed E-state index contributed by atoms with van der Waals surface area (Å²) in [6.07, 6.45) is 0.998. The van der Waals surface area contributed by atoms with Gasteiger partial charge in [0, 0.05) is 17.0 Å². The highest BCUT2D eigenvalue weighted by Crippen LogP contribution is 2.37. The van der Waals surface area contributed by atoms with Crippen molar-refractivity contribution in [1.29, 1.82) is 0 Å². The highest BCUT2D eigenvalue weighted by atomic mass is 35.5. The number of aliphatic hydroxyl groups excluding tert-OH is 1. The van der Waals surface area contributed by atoms with Gasteiger partial charge < -0.3 is 10.4 Å². The van der Waals surface area contributed by atoms with Crippen LogP contribution in [0.3, 0.4) is 0 Å². The summed E-state index contributed by atoms with van der Waals surface area (Å²) in [7, 11) is -3.61. The Morgan fingerprint density at radius 1 is 0.935 bits per heavy atom. The molecule has 0 radical (unpaired) electrons. The highest BCUT2D eigenvalue weighted by Gasteiger charge is 2.25. The minimum absolute atomic E-state index is 0.160. The van der Waals surface area contributed by atoms with Gasteiger partial charge in [0.2, 0.25) is 0 Å². The Bertz CT molecular complexity index is 1390. The van der Waals surface area contributed by atoms with Crippen LogP contribution in [0.5, 0.6) is 0 Å². The molecular formula is C24H24ClNO4S. The van der Waals surface area contributed by atoms with Crippen molar-refractivity contribution in [3.63, 3.8) is 0 Å². The van der Waals surface area contributed by atoms with Crippen LogP contribution >= 0.6 is 11.6 Å². The molecular weight excluding hydrogens is 434 g/mol. The van der Waals surface area contributed by atoms with Crippen LogP contribution in [0.2, 0.25) is 5.02 Å². The molecule has 2 N–H and O–H groups in total. The van der Waals surface area contributed by atoms with Gasteiger partial charge in [-0.15, -0.1) is 0 Å². The molecule has 0 heterocycles. The predicted molar refractivity (Wildman–Crippen MR) is 127 cm³/mol. The van der Waals surface area contributed by atoms with Gasteiger partial charge in [0.25, 0.3) is 10.1 Å². The third kappa shape index (κ3) is 4.54. The fourth-order valence-corrected chi connectivity index (χ4v) is 4.57. The van der Waals surface area contributed by atoms with Crippen molar-refractivity contribution in [3.05, 3.63) is 71.2 Å². The average molecular weight is 458 g/mol. The zero-order chi connectivity index (χ0) is 22.2. The summed E-state index contributed by atoms with van der Waals surface area (Å²) in [5, 5.41) is 20.3. The molecule has 0 aliphatic heterocycles. The number of fused-ring (bicyclic) bond motifs is 5. The summed E-state index contributed by atoms with van der Waals surface area (Å²) in [5.41, 5.74) is 0.121. The molecule has 31 heavy (non-hydrogen) atoms. The molecule has 0 aliphatic rings. The van der Waals surface area contributed by atoms with E-state index in [-0.39, 0.29) is 13.2 Å². The van der Waals surface area contributed by atoms with Crippen molar-refractivity contribution >= 4 is 54.0 Å². The van der Waals surface area contributed by atoms with E-state index in [9.17, 15) is 13.5 Å². The van der Waals surface area contributed by atoms with Crippen molar-refractivity contribution in [2.45, 2.75) is 19.0 Å². The maximum atomic E-state index is 11.4. The Hall–Kier alpha value is -2.22. The lowest BCUT2D eigenvalue weighted by Gasteiger charge is -2.28. The largest absolute Gasteiger partial charge is 0.394 e. The number of hydrogen-bond acceptors (Lipinski definition) is 5. The first kappa shape index (κ1) is 22.0. The molecule has 4 aromatic carbocycles. The van der Waals surface area contributed by atoms with Gasteiger partial charge in [-0.25, -0.2) is 0 Å². The molecule has 1 atom stereocenters. The lowest BCUT2D eigenvalue weighted by molar-refractivity contribution is 0.118. The third-order valence-electron chi connectivity index (χ3n) is 5.56. The Morgan fingerprint density at radius 2 is 1.48 bits per heavy atom. The van der Waals surface area contributed by atoms with Gasteiger partial charge in [-0.1, -0.05) is 60.1 Å². The zero-order valence-electron chi connectivity index (χ0n) is 17.4. The maximum Gasteiger partial charge on any atom is 0.264 e. The third-order valence-corrected chi connectivity index (χ3v) is 6.42. The summed E-state index contributed by atoms with van der Waals surface area (Å²) in [5.74, 6) is 0. The second-order valence-corrected chi connectivity index (χ2v) is 10.2. The second-order valence-electron chi connectivity index (χ2n) is 8.12. The number of nitrogens with one attached hydrogen (secondary N) is 1. The number of halogens is 1. The molecule has 7 heteroatoms. The molecule has 0 saturated carbocycles. The van der Waals surface area contributed by atoms with Crippen molar-refractivity contribution in [1.82, 2.24) is 5.32 Å². The molecule has 4 rings (SSSR count). The van der Waals surface area contributed by atoms with Crippen molar-refractivity contribution in [2.75, 3.05) is 19.5 Å². The molecule has 0 bridgehead atoms. The predicted octanol–water partition coefficient (Wildman–Crippen LogP) is 4.62. The summed E-state index contributed by atoms with van der Waals surface area (Å²) >= 11 is 6.58. The topological polar surface area (TPSA) is 75.6 Å². The van der Waals surface area contributed by atoms with Gasteiger partial charge in [0.15, 0.2) is 0 Å². The Labute approximate surface area is 186 Å². The summed E-state index contributed by atoms with van der Waals surface area (Å²) in [4.78, 5) is 0. The van der Waals surface area contributed by atoms with E-state index in [0.29, 0.717) is 11.6 Å². The lowest BCUT2D eigenvalue weighted by atomic mass is 9.93. The van der Waals surface area contributed by atoms with Crippen molar-refractivity contribution in [2.24, 2.45) is 0 Å². The summed E-state index contributed by atoms with van der Waals surface area (Å²) in [6, 6.07) is 20.3. The Balaban J connectivity index is 1.82. The second kappa shape index (κ2) is 8.37. The number of hydrogen-bond donors (Lipinski definition) is 2. The van der Waals surface area contributed by atoms with E-state index < -0.39 is 15.7 Å². The number of benzene rings is 4. The normalized spacial score (nSPS) is 14.3. The number of aliphatic hydroxyl groups is 1. The zero-order valence-corrected chi connectivity index (χ0v) is 18.9. The van der Waals surface area contributed by atoms with E-state index in [1.54, 1.807) is 6.92 Å². The van der Waals surface area contributed by atoms with Crippen molar-refractivity contribution in [3.8, 4) is 0 Å². The molecule has 162 valence electrons. The smallest absolute Gasteiger partial charge is 0.264 e. The molecule has 0 spiro atoms. The first-order valence-corrected chi connectivity index (χ1v) is 12.1. The van der Waals surface area contributed by atoms with E-state index in [1.807, 2.05) is 36.4 Å². The van der Waals surface area contributed by atoms with Gasteiger partial charge in [-0.05, 0) is 51.6 Å². The van der Waals surface area contributed by atoms with Crippen LogP contribution in [0.1, 0.15) is 12.5 Å². The van der Waals surface area contributed by atoms with Crippen LogP contribution in [-0.2, 0) is 20.8 Å². The monoisotopic (exact) mass is 457 g/mol. The van der Waals surface area contributed by atoms with Crippen LogP contribution in [0, 0.1) is 0 Å².